The van der Waals surface area contributed by atoms with E-state index < -0.39 is 27.3 Å². The average molecular weight is 275 g/mol. The van der Waals surface area contributed by atoms with Gasteiger partial charge in [-0.15, -0.1) is 0 Å². The number of rotatable bonds is 5. The van der Waals surface area contributed by atoms with Crippen LogP contribution in [0, 0.1) is 5.92 Å². The Morgan fingerprint density at radius 1 is 1.17 bits per heavy atom. The van der Waals surface area contributed by atoms with Crippen LogP contribution in [0.2, 0.25) is 0 Å². The number of aliphatic carboxylic acids is 1. The van der Waals surface area contributed by atoms with Crippen LogP contribution in [0.5, 0.6) is 0 Å². The summed E-state index contributed by atoms with van der Waals surface area (Å²) in [6, 6.07) is 0. The Bertz CT molecular complexity index is 350. The minimum absolute atomic E-state index is 0.183. The topological polar surface area (TPSA) is 74.7 Å². The minimum atomic E-state index is -1.68. The molecule has 1 heterocycles. The molecule has 0 spiro atoms. The van der Waals surface area contributed by atoms with Gasteiger partial charge in [-0.1, -0.05) is 13.8 Å². The highest BCUT2D eigenvalue weighted by molar-refractivity contribution is 7.87. The second-order valence-electron chi connectivity index (χ2n) is 5.01. The Kier molecular flexibility index (Phi) is 5.31. The summed E-state index contributed by atoms with van der Waals surface area (Å²) in [4.78, 5) is 24.9. The Morgan fingerprint density at radius 3 is 2.06 bits per heavy atom. The van der Waals surface area contributed by atoms with Gasteiger partial charge in [0.05, 0.1) is 0 Å². The molecular weight excluding hydrogens is 254 g/mol. The molecule has 0 saturated carbocycles. The van der Waals surface area contributed by atoms with Gasteiger partial charge in [0.15, 0.2) is 0 Å². The predicted molar refractivity (Wildman–Crippen MR) is 69.7 cm³/mol. The van der Waals surface area contributed by atoms with E-state index in [-0.39, 0.29) is 11.8 Å². The molecule has 1 saturated heterocycles. The average Bonchev–Trinajstić information content (AvgIpc) is 2.79. The highest BCUT2D eigenvalue weighted by Crippen LogP contribution is 2.17. The number of nitrogens with zero attached hydrogens (tertiary/aromatic N) is 1. The maximum atomic E-state index is 12.2. The molecule has 0 aliphatic carbocycles. The van der Waals surface area contributed by atoms with Gasteiger partial charge in [-0.25, -0.2) is 0 Å². The molecule has 3 atom stereocenters. The lowest BCUT2D eigenvalue weighted by Gasteiger charge is -2.23. The van der Waals surface area contributed by atoms with Gasteiger partial charge in [0.25, 0.3) is 0 Å². The van der Waals surface area contributed by atoms with Crippen molar-refractivity contribution >= 4 is 22.7 Å². The second-order valence-corrected chi connectivity index (χ2v) is 6.88. The molecule has 6 heteroatoms. The van der Waals surface area contributed by atoms with E-state index in [9.17, 15) is 13.8 Å². The first kappa shape index (κ1) is 15.1. The van der Waals surface area contributed by atoms with Gasteiger partial charge in [0.2, 0.25) is 5.91 Å². The SMILES string of the molecule is CC(C)C(C(=O)O)S(=O)C(C)C(=O)N1CCCC1. The van der Waals surface area contributed by atoms with Crippen molar-refractivity contribution in [3.63, 3.8) is 0 Å². The van der Waals surface area contributed by atoms with E-state index in [2.05, 4.69) is 0 Å². The van der Waals surface area contributed by atoms with Gasteiger partial charge in [-0.05, 0) is 25.7 Å². The lowest BCUT2D eigenvalue weighted by Crippen LogP contribution is -2.44. The number of carboxylic acids is 1. The molecule has 18 heavy (non-hydrogen) atoms. The van der Waals surface area contributed by atoms with Gasteiger partial charge < -0.3 is 10.0 Å². The van der Waals surface area contributed by atoms with E-state index in [0.29, 0.717) is 13.1 Å². The summed E-state index contributed by atoms with van der Waals surface area (Å²) in [7, 11) is -1.68. The molecule has 1 rings (SSSR count). The van der Waals surface area contributed by atoms with Crippen molar-refractivity contribution in [3.8, 4) is 0 Å². The van der Waals surface area contributed by atoms with E-state index in [0.717, 1.165) is 12.8 Å². The third kappa shape index (κ3) is 3.31. The van der Waals surface area contributed by atoms with Gasteiger partial charge in [-0.3, -0.25) is 13.8 Å². The maximum Gasteiger partial charge on any atom is 0.319 e. The van der Waals surface area contributed by atoms with Crippen LogP contribution in [-0.4, -0.2) is 49.7 Å². The van der Waals surface area contributed by atoms with Gasteiger partial charge in [0.1, 0.15) is 10.5 Å². The Hall–Kier alpha value is -0.910. The fraction of sp³-hybridized carbons (Fsp3) is 0.833. The molecule has 104 valence electrons. The smallest absolute Gasteiger partial charge is 0.319 e. The first-order valence-electron chi connectivity index (χ1n) is 6.27. The van der Waals surface area contributed by atoms with Crippen molar-refractivity contribution in [2.24, 2.45) is 5.92 Å². The standard InChI is InChI=1S/C12H21NO4S/c1-8(2)10(12(15)16)18(17)9(3)11(14)13-6-4-5-7-13/h8-10H,4-7H2,1-3H3,(H,15,16). The van der Waals surface area contributed by atoms with E-state index in [1.807, 2.05) is 0 Å². The molecule has 1 amide bonds. The minimum Gasteiger partial charge on any atom is -0.480 e. The van der Waals surface area contributed by atoms with Crippen LogP contribution < -0.4 is 0 Å². The fourth-order valence-corrected chi connectivity index (χ4v) is 3.69. The normalized spacial score (nSPS) is 20.8. The van der Waals surface area contributed by atoms with Gasteiger partial charge in [0, 0.05) is 23.9 Å². The molecule has 1 aliphatic heterocycles. The zero-order valence-electron chi connectivity index (χ0n) is 11.1. The first-order valence-corrected chi connectivity index (χ1v) is 7.54. The van der Waals surface area contributed by atoms with Crippen molar-refractivity contribution in [2.75, 3.05) is 13.1 Å². The molecule has 0 aromatic rings. The van der Waals surface area contributed by atoms with Crippen LogP contribution in [0.15, 0.2) is 0 Å². The predicted octanol–water partition coefficient (Wildman–Crippen LogP) is 0.855. The van der Waals surface area contributed by atoms with Crippen LogP contribution in [0.25, 0.3) is 0 Å². The van der Waals surface area contributed by atoms with Crippen molar-refractivity contribution in [2.45, 2.75) is 44.1 Å². The number of carbonyl (C=O) groups is 2. The highest BCUT2D eigenvalue weighted by Gasteiger charge is 2.36. The number of likely N-dealkylation sites (tertiary alicyclic amines) is 1. The molecule has 0 bridgehead atoms. The number of carbonyl (C=O) groups excluding carboxylic acids is 1. The molecule has 5 nitrogen and oxygen atoms in total. The summed E-state index contributed by atoms with van der Waals surface area (Å²) in [6.07, 6.45) is 1.94. The third-order valence-electron chi connectivity index (χ3n) is 3.21. The van der Waals surface area contributed by atoms with Crippen molar-refractivity contribution in [1.82, 2.24) is 4.90 Å². The zero-order valence-corrected chi connectivity index (χ0v) is 11.9. The molecular formula is C12H21NO4S. The summed E-state index contributed by atoms with van der Waals surface area (Å²) in [5.74, 6) is -1.53. The van der Waals surface area contributed by atoms with Gasteiger partial charge in [-0.2, -0.15) is 0 Å². The molecule has 1 N–H and O–H groups in total. The monoisotopic (exact) mass is 275 g/mol. The molecule has 1 fully saturated rings. The number of hydrogen-bond acceptors (Lipinski definition) is 3. The van der Waals surface area contributed by atoms with E-state index in [1.54, 1.807) is 25.7 Å². The first-order chi connectivity index (χ1) is 8.36. The quantitative estimate of drug-likeness (QED) is 0.807. The molecule has 0 aromatic heterocycles. The summed E-state index contributed by atoms with van der Waals surface area (Å²) in [5.41, 5.74) is 0. The fourth-order valence-electron chi connectivity index (χ4n) is 2.17. The van der Waals surface area contributed by atoms with E-state index in [4.69, 9.17) is 5.11 Å². The van der Waals surface area contributed by atoms with Crippen LogP contribution in [0.3, 0.4) is 0 Å². The Balaban J connectivity index is 2.75. The third-order valence-corrected chi connectivity index (χ3v) is 5.36. The Labute approximate surface area is 110 Å². The molecule has 3 unspecified atom stereocenters. The summed E-state index contributed by atoms with van der Waals surface area (Å²) >= 11 is 0. The molecule has 0 radical (unpaired) electrons. The molecule has 0 aromatic carbocycles. The lowest BCUT2D eigenvalue weighted by molar-refractivity contribution is -0.137. The number of carboxylic acid groups (broad SMARTS) is 1. The summed E-state index contributed by atoms with van der Waals surface area (Å²) in [6.45, 7) is 6.38. The van der Waals surface area contributed by atoms with Crippen molar-refractivity contribution < 1.29 is 18.9 Å². The van der Waals surface area contributed by atoms with E-state index >= 15 is 0 Å². The largest absolute Gasteiger partial charge is 0.480 e. The van der Waals surface area contributed by atoms with Crippen molar-refractivity contribution in [1.29, 1.82) is 0 Å². The summed E-state index contributed by atoms with van der Waals surface area (Å²) < 4.78 is 12.2. The highest BCUT2D eigenvalue weighted by atomic mass is 32.2. The summed E-state index contributed by atoms with van der Waals surface area (Å²) in [5, 5.41) is 7.37. The van der Waals surface area contributed by atoms with Crippen LogP contribution in [0.4, 0.5) is 0 Å². The number of amides is 1. The van der Waals surface area contributed by atoms with Gasteiger partial charge >= 0.3 is 5.97 Å². The molecule has 1 aliphatic rings. The Morgan fingerprint density at radius 2 is 1.67 bits per heavy atom. The van der Waals surface area contributed by atoms with Crippen LogP contribution in [-0.2, 0) is 20.4 Å². The number of hydrogen-bond donors (Lipinski definition) is 1. The van der Waals surface area contributed by atoms with Crippen LogP contribution in [0.1, 0.15) is 33.6 Å². The van der Waals surface area contributed by atoms with Crippen LogP contribution >= 0.6 is 0 Å². The zero-order chi connectivity index (χ0) is 13.9. The van der Waals surface area contributed by atoms with Crippen molar-refractivity contribution in [3.05, 3.63) is 0 Å². The lowest BCUT2D eigenvalue weighted by atomic mass is 10.1. The maximum absolute atomic E-state index is 12.2. The van der Waals surface area contributed by atoms with E-state index in [1.165, 1.54) is 0 Å². The second kappa shape index (κ2) is 6.31.